The number of hydrogen-bond acceptors (Lipinski definition) is 2. The molecule has 20 heavy (non-hydrogen) atoms. The molecule has 104 valence electrons. The van der Waals surface area contributed by atoms with Crippen LogP contribution in [0.4, 0.5) is 0 Å². The lowest BCUT2D eigenvalue weighted by Crippen LogP contribution is -2.26. The number of fused-ring (bicyclic) bond motifs is 1. The Balaban J connectivity index is 0.000000124. The van der Waals surface area contributed by atoms with Crippen molar-refractivity contribution in [3.05, 3.63) is 78.4 Å². The molecule has 0 aromatic heterocycles. The first-order valence-electron chi connectivity index (χ1n) is 7.08. The molecule has 1 aromatic rings. The zero-order valence-electron chi connectivity index (χ0n) is 11.7. The lowest BCUT2D eigenvalue weighted by atomic mass is 10.1. The van der Waals surface area contributed by atoms with Crippen LogP contribution in [-0.2, 0) is 6.42 Å². The molecule has 2 heteroatoms. The molecule has 0 radical (unpaired) electrons. The highest BCUT2D eigenvalue weighted by molar-refractivity contribution is 5.34. The molecule has 2 aliphatic carbocycles. The van der Waals surface area contributed by atoms with E-state index in [1.165, 1.54) is 5.56 Å². The van der Waals surface area contributed by atoms with Crippen molar-refractivity contribution in [2.45, 2.75) is 19.3 Å². The van der Waals surface area contributed by atoms with E-state index in [0.717, 1.165) is 31.6 Å². The zero-order valence-corrected chi connectivity index (χ0v) is 11.7. The summed E-state index contributed by atoms with van der Waals surface area (Å²) in [4.78, 5) is 5.17. The summed E-state index contributed by atoms with van der Waals surface area (Å²) in [6.45, 7) is 0.914. The molecule has 0 amide bonds. The van der Waals surface area contributed by atoms with Gasteiger partial charge in [-0.3, -0.25) is 0 Å². The molecule has 2 nitrogen and oxygen atoms in total. The third-order valence-corrected chi connectivity index (χ3v) is 2.96. The van der Waals surface area contributed by atoms with Crippen molar-refractivity contribution in [3.8, 4) is 5.75 Å². The fraction of sp³-hybridized carbons (Fsp3) is 0.222. The summed E-state index contributed by atoms with van der Waals surface area (Å²) in [5.74, 6) is 0.966. The Hall–Kier alpha value is -2.06. The van der Waals surface area contributed by atoms with Crippen LogP contribution in [0.25, 0.3) is 0 Å². The van der Waals surface area contributed by atoms with Gasteiger partial charge in [-0.1, -0.05) is 66.8 Å². The highest BCUT2D eigenvalue weighted by atomic mass is 16.6. The number of rotatable bonds is 0. The second kappa shape index (κ2) is 8.94. The van der Waals surface area contributed by atoms with Gasteiger partial charge in [-0.25, -0.2) is 0 Å². The number of hydrogen-bond donors (Lipinski definition) is 1. The number of nitrogens with one attached hydrogen (secondary N) is 1. The second-order valence-corrected chi connectivity index (χ2v) is 4.54. The molecule has 0 spiro atoms. The first-order chi connectivity index (χ1) is 9.97. The van der Waals surface area contributed by atoms with E-state index in [4.69, 9.17) is 4.84 Å². The molecule has 1 aromatic carbocycles. The highest BCUT2D eigenvalue weighted by Crippen LogP contribution is 2.19. The standard InChI is InChI=1S/C8H9NO.2C5H6/c1-2-4-8-7(3-1)5-6-9-10-8;2*1-2-4-5-3-1/h1-4,9H,5-6H2;2*1-4H,5H2. The highest BCUT2D eigenvalue weighted by Gasteiger charge is 2.06. The van der Waals surface area contributed by atoms with Gasteiger partial charge in [0, 0.05) is 6.54 Å². The fourth-order valence-corrected chi connectivity index (χ4v) is 1.91. The molecule has 0 saturated heterocycles. The molecular formula is C18H21NO. The molecule has 0 bridgehead atoms. The third kappa shape index (κ3) is 5.29. The Bertz CT molecular complexity index is 445. The number of para-hydroxylation sites is 1. The van der Waals surface area contributed by atoms with Gasteiger partial charge in [0.15, 0.2) is 0 Å². The Morgan fingerprint density at radius 2 is 1.40 bits per heavy atom. The second-order valence-electron chi connectivity index (χ2n) is 4.54. The average Bonchev–Trinajstić information content (AvgIpc) is 3.25. The monoisotopic (exact) mass is 267 g/mol. The van der Waals surface area contributed by atoms with E-state index in [1.807, 2.05) is 18.2 Å². The molecule has 3 aliphatic rings. The lowest BCUT2D eigenvalue weighted by molar-refractivity contribution is 0.180. The topological polar surface area (TPSA) is 21.3 Å². The summed E-state index contributed by atoms with van der Waals surface area (Å²) >= 11 is 0. The number of benzene rings is 1. The predicted octanol–water partition coefficient (Wildman–Crippen LogP) is 4.13. The maximum Gasteiger partial charge on any atom is 0.150 e. The zero-order chi connectivity index (χ0) is 13.9. The minimum Gasteiger partial charge on any atom is -0.408 e. The quantitative estimate of drug-likeness (QED) is 0.763. The van der Waals surface area contributed by atoms with E-state index in [9.17, 15) is 0 Å². The molecule has 0 fully saturated rings. The van der Waals surface area contributed by atoms with E-state index in [-0.39, 0.29) is 0 Å². The van der Waals surface area contributed by atoms with Gasteiger partial charge < -0.3 is 4.84 Å². The normalized spacial score (nSPS) is 16.6. The predicted molar refractivity (Wildman–Crippen MR) is 84.6 cm³/mol. The Morgan fingerprint density at radius 3 is 1.90 bits per heavy atom. The largest absolute Gasteiger partial charge is 0.408 e. The minimum absolute atomic E-state index is 0.914. The SMILES string of the molecule is C1=CCC=C1.C1=CCC=C1.c1ccc2c(c1)CCNO2. The molecular weight excluding hydrogens is 246 g/mol. The van der Waals surface area contributed by atoms with Gasteiger partial charge in [0.2, 0.25) is 0 Å². The Morgan fingerprint density at radius 1 is 0.800 bits per heavy atom. The van der Waals surface area contributed by atoms with Crippen LogP contribution in [0, 0.1) is 0 Å². The lowest BCUT2D eigenvalue weighted by Gasteiger charge is -2.16. The fourth-order valence-electron chi connectivity index (χ4n) is 1.91. The first-order valence-corrected chi connectivity index (χ1v) is 7.08. The Labute approximate surface area is 121 Å². The maximum absolute atomic E-state index is 5.17. The van der Waals surface area contributed by atoms with Crippen LogP contribution in [0.15, 0.2) is 72.9 Å². The van der Waals surface area contributed by atoms with Gasteiger partial charge in [0.05, 0.1) is 0 Å². The van der Waals surface area contributed by atoms with E-state index >= 15 is 0 Å². The summed E-state index contributed by atoms with van der Waals surface area (Å²) < 4.78 is 0. The van der Waals surface area contributed by atoms with Crippen LogP contribution in [-0.4, -0.2) is 6.54 Å². The Kier molecular flexibility index (Phi) is 6.42. The smallest absolute Gasteiger partial charge is 0.150 e. The van der Waals surface area contributed by atoms with Crippen LogP contribution < -0.4 is 10.3 Å². The van der Waals surface area contributed by atoms with Gasteiger partial charge in [-0.2, -0.15) is 5.48 Å². The third-order valence-electron chi connectivity index (χ3n) is 2.96. The van der Waals surface area contributed by atoms with Crippen LogP contribution in [0.3, 0.4) is 0 Å². The molecule has 0 saturated carbocycles. The van der Waals surface area contributed by atoms with Crippen LogP contribution in [0.1, 0.15) is 18.4 Å². The molecule has 0 unspecified atom stereocenters. The van der Waals surface area contributed by atoms with Gasteiger partial charge in [-0.05, 0) is 30.9 Å². The molecule has 4 rings (SSSR count). The summed E-state index contributed by atoms with van der Waals surface area (Å²) in [5, 5.41) is 0. The van der Waals surface area contributed by atoms with E-state index in [1.54, 1.807) is 0 Å². The van der Waals surface area contributed by atoms with Crippen molar-refractivity contribution >= 4 is 0 Å². The van der Waals surface area contributed by atoms with Crippen LogP contribution in [0.2, 0.25) is 0 Å². The van der Waals surface area contributed by atoms with Gasteiger partial charge in [-0.15, -0.1) is 0 Å². The van der Waals surface area contributed by atoms with Crippen molar-refractivity contribution in [1.82, 2.24) is 5.48 Å². The number of allylic oxidation sites excluding steroid dienone is 8. The van der Waals surface area contributed by atoms with Gasteiger partial charge >= 0.3 is 0 Å². The first kappa shape index (κ1) is 14.4. The minimum atomic E-state index is 0.914. The van der Waals surface area contributed by atoms with Gasteiger partial charge in [0.25, 0.3) is 0 Å². The molecule has 0 atom stereocenters. The summed E-state index contributed by atoms with van der Waals surface area (Å²) in [5.41, 5.74) is 4.13. The van der Waals surface area contributed by atoms with Crippen molar-refractivity contribution < 1.29 is 4.84 Å². The average molecular weight is 267 g/mol. The molecule has 1 N–H and O–H groups in total. The van der Waals surface area contributed by atoms with Crippen LogP contribution >= 0.6 is 0 Å². The summed E-state index contributed by atoms with van der Waals surface area (Å²) in [6.07, 6.45) is 20.1. The summed E-state index contributed by atoms with van der Waals surface area (Å²) in [7, 11) is 0. The summed E-state index contributed by atoms with van der Waals surface area (Å²) in [6, 6.07) is 8.08. The molecule has 1 aliphatic heterocycles. The maximum atomic E-state index is 5.17. The number of hydroxylamine groups is 1. The van der Waals surface area contributed by atoms with E-state index in [2.05, 4.69) is 60.2 Å². The van der Waals surface area contributed by atoms with Gasteiger partial charge in [0.1, 0.15) is 5.75 Å². The van der Waals surface area contributed by atoms with Crippen LogP contribution in [0.5, 0.6) is 5.75 Å². The van der Waals surface area contributed by atoms with E-state index in [0.29, 0.717) is 0 Å². The van der Waals surface area contributed by atoms with Crippen molar-refractivity contribution in [2.24, 2.45) is 0 Å². The van der Waals surface area contributed by atoms with Crippen molar-refractivity contribution in [3.63, 3.8) is 0 Å². The molecule has 1 heterocycles. The van der Waals surface area contributed by atoms with E-state index < -0.39 is 0 Å². The van der Waals surface area contributed by atoms with Crippen molar-refractivity contribution in [2.75, 3.05) is 6.54 Å². The van der Waals surface area contributed by atoms with Crippen molar-refractivity contribution in [1.29, 1.82) is 0 Å².